The Bertz CT molecular complexity index is 1140. The maximum atomic E-state index is 12.9. The van der Waals surface area contributed by atoms with Gasteiger partial charge in [0.1, 0.15) is 10.3 Å². The van der Waals surface area contributed by atoms with Crippen molar-refractivity contribution in [1.82, 2.24) is 14.7 Å². The zero-order chi connectivity index (χ0) is 20.2. The van der Waals surface area contributed by atoms with Crippen molar-refractivity contribution in [3.05, 3.63) is 100 Å². The second-order valence-corrected chi connectivity index (χ2v) is 8.44. The van der Waals surface area contributed by atoms with Gasteiger partial charge in [0.2, 0.25) is 0 Å². The summed E-state index contributed by atoms with van der Waals surface area (Å²) in [6, 6.07) is 23.5. The van der Waals surface area contributed by atoms with Crippen LogP contribution >= 0.6 is 27.7 Å². The molecule has 0 unspecified atom stereocenters. The smallest absolute Gasteiger partial charge is 0.252 e. The Morgan fingerprint density at radius 2 is 1.79 bits per heavy atom. The quantitative estimate of drug-likeness (QED) is 0.361. The van der Waals surface area contributed by atoms with E-state index in [0.29, 0.717) is 11.3 Å². The zero-order valence-electron chi connectivity index (χ0n) is 15.9. The van der Waals surface area contributed by atoms with Gasteiger partial charge in [0.05, 0.1) is 17.3 Å². The van der Waals surface area contributed by atoms with E-state index < -0.39 is 0 Å². The molecule has 4 rings (SSSR count). The summed E-state index contributed by atoms with van der Waals surface area (Å²) >= 11 is 5.25. The number of benzene rings is 2. The Morgan fingerprint density at radius 1 is 1.07 bits per heavy atom. The molecule has 0 aliphatic rings. The first-order chi connectivity index (χ1) is 14.1. The van der Waals surface area contributed by atoms with Crippen molar-refractivity contribution in [3.63, 3.8) is 0 Å². The molecule has 0 radical (unpaired) electrons. The standard InChI is InChI=1S/C23H20BrN3OS/c1-16(17-9-3-2-4-10-17)25-23(28)18-11-5-6-12-20(18)29-15-19-22(24)27-14-8-7-13-21(27)26-19/h2-14,16H,15H2,1H3,(H,25,28)/t16-/m1/s1. The van der Waals surface area contributed by atoms with Gasteiger partial charge in [-0.3, -0.25) is 9.20 Å². The number of aromatic nitrogens is 2. The molecule has 4 aromatic rings. The van der Waals surface area contributed by atoms with E-state index in [4.69, 9.17) is 0 Å². The molecule has 2 aromatic carbocycles. The molecule has 0 fully saturated rings. The van der Waals surface area contributed by atoms with Crippen LogP contribution in [0.2, 0.25) is 0 Å². The number of nitrogens with zero attached hydrogens (tertiary/aromatic N) is 2. The highest BCUT2D eigenvalue weighted by atomic mass is 79.9. The molecule has 146 valence electrons. The van der Waals surface area contributed by atoms with Crippen LogP contribution in [-0.2, 0) is 5.75 Å². The number of hydrogen-bond acceptors (Lipinski definition) is 3. The number of fused-ring (bicyclic) bond motifs is 1. The van der Waals surface area contributed by atoms with Crippen LogP contribution < -0.4 is 5.32 Å². The second-order valence-electron chi connectivity index (χ2n) is 6.67. The van der Waals surface area contributed by atoms with Crippen molar-refractivity contribution in [2.75, 3.05) is 0 Å². The number of thioether (sulfide) groups is 1. The van der Waals surface area contributed by atoms with Gasteiger partial charge in [-0.1, -0.05) is 48.5 Å². The summed E-state index contributed by atoms with van der Waals surface area (Å²) in [5.74, 6) is 0.597. The van der Waals surface area contributed by atoms with Gasteiger partial charge in [-0.2, -0.15) is 0 Å². The van der Waals surface area contributed by atoms with Crippen molar-refractivity contribution < 1.29 is 4.79 Å². The normalized spacial score (nSPS) is 12.1. The Labute approximate surface area is 182 Å². The number of carbonyl (C=O) groups excluding carboxylic acids is 1. The van der Waals surface area contributed by atoms with Crippen molar-refractivity contribution in [1.29, 1.82) is 0 Å². The summed E-state index contributed by atoms with van der Waals surface area (Å²) in [6.45, 7) is 2.00. The number of hydrogen-bond donors (Lipinski definition) is 1. The highest BCUT2D eigenvalue weighted by Gasteiger charge is 2.16. The minimum atomic E-state index is -0.0708. The molecule has 0 spiro atoms. The highest BCUT2D eigenvalue weighted by Crippen LogP contribution is 2.30. The molecule has 0 saturated heterocycles. The van der Waals surface area contributed by atoms with Gasteiger partial charge in [-0.25, -0.2) is 4.98 Å². The lowest BCUT2D eigenvalue weighted by atomic mass is 10.1. The first-order valence-electron chi connectivity index (χ1n) is 9.32. The fraction of sp³-hybridized carbons (Fsp3) is 0.130. The minimum absolute atomic E-state index is 0.0608. The fourth-order valence-electron chi connectivity index (χ4n) is 3.13. The van der Waals surface area contributed by atoms with E-state index in [-0.39, 0.29) is 11.9 Å². The van der Waals surface area contributed by atoms with E-state index in [0.717, 1.165) is 26.4 Å². The molecular weight excluding hydrogens is 446 g/mol. The lowest BCUT2D eigenvalue weighted by molar-refractivity contribution is 0.0937. The van der Waals surface area contributed by atoms with E-state index in [1.807, 2.05) is 90.3 Å². The van der Waals surface area contributed by atoms with E-state index in [2.05, 4.69) is 26.2 Å². The second kappa shape index (κ2) is 8.84. The largest absolute Gasteiger partial charge is 0.345 e. The SMILES string of the molecule is C[C@@H](NC(=O)c1ccccc1SCc1nc2ccccn2c1Br)c1ccccc1. The van der Waals surface area contributed by atoms with Crippen LogP contribution in [0.3, 0.4) is 0 Å². The van der Waals surface area contributed by atoms with Gasteiger partial charge < -0.3 is 5.32 Å². The van der Waals surface area contributed by atoms with Crippen LogP contribution in [0, 0.1) is 0 Å². The number of pyridine rings is 1. The van der Waals surface area contributed by atoms with E-state index in [1.165, 1.54) is 0 Å². The molecule has 4 nitrogen and oxygen atoms in total. The van der Waals surface area contributed by atoms with Crippen molar-refractivity contribution in [3.8, 4) is 0 Å². The lowest BCUT2D eigenvalue weighted by Gasteiger charge is -2.16. The molecule has 1 atom stereocenters. The molecule has 2 heterocycles. The van der Waals surface area contributed by atoms with Crippen molar-refractivity contribution in [2.24, 2.45) is 0 Å². The average molecular weight is 466 g/mol. The van der Waals surface area contributed by atoms with Gasteiger partial charge in [0.25, 0.3) is 5.91 Å². The number of carbonyl (C=O) groups is 1. The summed E-state index contributed by atoms with van der Waals surface area (Å²) in [7, 11) is 0. The molecule has 1 N–H and O–H groups in total. The molecule has 2 aromatic heterocycles. The third kappa shape index (κ3) is 4.38. The third-order valence-corrected chi connectivity index (χ3v) is 6.61. The van der Waals surface area contributed by atoms with Gasteiger partial charge in [-0.05, 0) is 52.7 Å². The topological polar surface area (TPSA) is 46.4 Å². The zero-order valence-corrected chi connectivity index (χ0v) is 18.3. The molecular formula is C23H20BrN3OS. The first kappa shape index (κ1) is 19.7. The molecule has 1 amide bonds. The Morgan fingerprint density at radius 3 is 2.59 bits per heavy atom. The van der Waals surface area contributed by atoms with Crippen LogP contribution in [0.25, 0.3) is 5.65 Å². The molecule has 6 heteroatoms. The highest BCUT2D eigenvalue weighted by molar-refractivity contribution is 9.10. The van der Waals surface area contributed by atoms with Crippen molar-refractivity contribution >= 4 is 39.2 Å². The van der Waals surface area contributed by atoms with Crippen LogP contribution in [0.1, 0.15) is 34.6 Å². The fourth-order valence-corrected chi connectivity index (χ4v) is 4.83. The van der Waals surface area contributed by atoms with Crippen LogP contribution in [-0.4, -0.2) is 15.3 Å². The van der Waals surface area contributed by atoms with Gasteiger partial charge >= 0.3 is 0 Å². The summed E-state index contributed by atoms with van der Waals surface area (Å²) in [5, 5.41) is 3.10. The van der Waals surface area contributed by atoms with E-state index in [9.17, 15) is 4.79 Å². The molecule has 0 bridgehead atoms. The molecule has 0 saturated carbocycles. The minimum Gasteiger partial charge on any atom is -0.345 e. The summed E-state index contributed by atoms with van der Waals surface area (Å²) in [4.78, 5) is 18.5. The maximum Gasteiger partial charge on any atom is 0.252 e. The predicted molar refractivity (Wildman–Crippen MR) is 121 cm³/mol. The van der Waals surface area contributed by atoms with Gasteiger partial charge in [0.15, 0.2) is 0 Å². The number of rotatable bonds is 6. The number of imidazole rings is 1. The summed E-state index contributed by atoms with van der Waals surface area (Å²) in [6.07, 6.45) is 1.98. The van der Waals surface area contributed by atoms with Gasteiger partial charge in [0, 0.05) is 16.8 Å². The van der Waals surface area contributed by atoms with Crippen LogP contribution in [0.5, 0.6) is 0 Å². The Hall–Kier alpha value is -2.57. The number of amides is 1. The number of halogens is 1. The maximum absolute atomic E-state index is 12.9. The summed E-state index contributed by atoms with van der Waals surface area (Å²) in [5.41, 5.74) is 3.62. The first-order valence-corrected chi connectivity index (χ1v) is 11.1. The van der Waals surface area contributed by atoms with Crippen LogP contribution in [0.4, 0.5) is 0 Å². The van der Waals surface area contributed by atoms with E-state index >= 15 is 0 Å². The predicted octanol–water partition coefficient (Wildman–Crippen LogP) is 5.88. The van der Waals surface area contributed by atoms with Crippen molar-refractivity contribution in [2.45, 2.75) is 23.6 Å². The number of nitrogens with one attached hydrogen (secondary N) is 1. The van der Waals surface area contributed by atoms with Crippen LogP contribution in [0.15, 0.2) is 88.5 Å². The Kier molecular flexibility index (Phi) is 6.02. The third-order valence-electron chi connectivity index (χ3n) is 4.68. The lowest BCUT2D eigenvalue weighted by Crippen LogP contribution is -2.27. The average Bonchev–Trinajstić information content (AvgIpc) is 3.09. The van der Waals surface area contributed by atoms with Gasteiger partial charge in [-0.15, -0.1) is 11.8 Å². The molecule has 29 heavy (non-hydrogen) atoms. The molecule has 0 aliphatic carbocycles. The van der Waals surface area contributed by atoms with E-state index in [1.54, 1.807) is 11.8 Å². The summed E-state index contributed by atoms with van der Waals surface area (Å²) < 4.78 is 2.95. The monoisotopic (exact) mass is 465 g/mol. The Balaban J connectivity index is 1.50. The molecule has 0 aliphatic heterocycles.